The van der Waals surface area contributed by atoms with Crippen LogP contribution in [-0.4, -0.2) is 85.5 Å². The van der Waals surface area contributed by atoms with Crippen molar-refractivity contribution < 1.29 is 4.79 Å². The van der Waals surface area contributed by atoms with E-state index in [1.165, 1.54) is 5.56 Å². The van der Waals surface area contributed by atoms with Crippen molar-refractivity contribution in [1.29, 1.82) is 0 Å². The molecule has 1 aliphatic rings. The van der Waals surface area contributed by atoms with Gasteiger partial charge >= 0.3 is 0 Å². The minimum Gasteiger partial charge on any atom is -0.382 e. The zero-order valence-electron chi connectivity index (χ0n) is 17.4. The Morgan fingerprint density at radius 3 is 2.62 bits per heavy atom. The molecule has 0 atom stereocenters. The molecule has 1 fully saturated rings. The molecule has 0 radical (unpaired) electrons. The van der Waals surface area contributed by atoms with E-state index in [2.05, 4.69) is 44.4 Å². The Labute approximate surface area is 173 Å². The number of likely N-dealkylation sites (N-methyl/N-ethyl adjacent to an activating group) is 1. The average Bonchev–Trinajstić information content (AvgIpc) is 2.74. The van der Waals surface area contributed by atoms with Crippen LogP contribution in [0.4, 0.5) is 5.69 Å². The van der Waals surface area contributed by atoms with Crippen LogP contribution in [0, 0.1) is 0 Å². The SMILES string of the molecule is CN(C)CCNc1cncc(C(=O)N2CCN(C/C=C/c3ccccc3)CC2)c1. The first-order valence-corrected chi connectivity index (χ1v) is 10.2. The van der Waals surface area contributed by atoms with Crippen LogP contribution in [0.25, 0.3) is 6.08 Å². The van der Waals surface area contributed by atoms with E-state index in [0.717, 1.165) is 51.5 Å². The third kappa shape index (κ3) is 6.69. The maximum absolute atomic E-state index is 12.9. The molecule has 154 valence electrons. The van der Waals surface area contributed by atoms with Gasteiger partial charge in [-0.15, -0.1) is 0 Å². The standard InChI is InChI=1S/C23H31N5O/c1-26(2)12-10-25-22-17-21(18-24-19-22)23(29)28-15-13-27(14-16-28)11-6-9-20-7-4-3-5-8-20/h3-9,17-19,25H,10-16H2,1-2H3/b9-6+. The molecule has 3 rings (SSSR count). The molecule has 0 spiro atoms. The maximum Gasteiger partial charge on any atom is 0.255 e. The number of anilines is 1. The summed E-state index contributed by atoms with van der Waals surface area (Å²) >= 11 is 0. The largest absolute Gasteiger partial charge is 0.382 e. The summed E-state index contributed by atoms with van der Waals surface area (Å²) in [6.45, 7) is 5.93. The average molecular weight is 394 g/mol. The lowest BCUT2D eigenvalue weighted by atomic mass is 10.2. The number of hydrogen-bond donors (Lipinski definition) is 1. The fourth-order valence-corrected chi connectivity index (χ4v) is 3.30. The zero-order valence-corrected chi connectivity index (χ0v) is 17.4. The molecule has 0 saturated carbocycles. The first-order valence-electron chi connectivity index (χ1n) is 10.2. The normalized spacial score (nSPS) is 15.2. The molecule has 1 saturated heterocycles. The van der Waals surface area contributed by atoms with Crippen LogP contribution in [0.5, 0.6) is 0 Å². The smallest absolute Gasteiger partial charge is 0.255 e. The summed E-state index contributed by atoms with van der Waals surface area (Å²) in [6, 6.07) is 12.2. The van der Waals surface area contributed by atoms with E-state index in [9.17, 15) is 4.79 Å². The van der Waals surface area contributed by atoms with Gasteiger partial charge < -0.3 is 15.1 Å². The molecule has 1 aromatic heterocycles. The topological polar surface area (TPSA) is 51.7 Å². The number of piperazine rings is 1. The second-order valence-electron chi connectivity index (χ2n) is 7.60. The van der Waals surface area contributed by atoms with E-state index < -0.39 is 0 Å². The van der Waals surface area contributed by atoms with Gasteiger partial charge in [-0.2, -0.15) is 0 Å². The van der Waals surface area contributed by atoms with Crippen LogP contribution in [-0.2, 0) is 0 Å². The number of amides is 1. The number of nitrogens with one attached hydrogen (secondary N) is 1. The quantitative estimate of drug-likeness (QED) is 0.747. The van der Waals surface area contributed by atoms with Gasteiger partial charge in [-0.25, -0.2) is 0 Å². The Morgan fingerprint density at radius 1 is 1.14 bits per heavy atom. The number of carbonyl (C=O) groups is 1. The highest BCUT2D eigenvalue weighted by Gasteiger charge is 2.22. The first kappa shape index (κ1) is 21.0. The number of nitrogens with zero attached hydrogens (tertiary/aromatic N) is 4. The molecule has 1 amide bonds. The van der Waals surface area contributed by atoms with Gasteiger partial charge in [0.05, 0.1) is 11.3 Å². The van der Waals surface area contributed by atoms with Crippen molar-refractivity contribution in [2.45, 2.75) is 0 Å². The maximum atomic E-state index is 12.9. The minimum atomic E-state index is 0.0632. The van der Waals surface area contributed by atoms with Crippen LogP contribution in [0.2, 0.25) is 0 Å². The van der Waals surface area contributed by atoms with E-state index in [-0.39, 0.29) is 5.91 Å². The number of pyridine rings is 1. The monoisotopic (exact) mass is 393 g/mol. The highest BCUT2D eigenvalue weighted by Crippen LogP contribution is 2.13. The van der Waals surface area contributed by atoms with Gasteiger partial charge in [0.2, 0.25) is 0 Å². The molecular weight excluding hydrogens is 362 g/mol. The molecule has 6 heteroatoms. The molecule has 29 heavy (non-hydrogen) atoms. The third-order valence-corrected chi connectivity index (χ3v) is 5.01. The second-order valence-corrected chi connectivity index (χ2v) is 7.60. The van der Waals surface area contributed by atoms with Crippen molar-refractivity contribution >= 4 is 17.7 Å². The Balaban J connectivity index is 1.46. The van der Waals surface area contributed by atoms with Crippen molar-refractivity contribution in [3.05, 3.63) is 66.0 Å². The summed E-state index contributed by atoms with van der Waals surface area (Å²) < 4.78 is 0. The van der Waals surface area contributed by atoms with Gasteiger partial charge in [0.15, 0.2) is 0 Å². The minimum absolute atomic E-state index is 0.0632. The Kier molecular flexibility index (Phi) is 7.78. The summed E-state index contributed by atoms with van der Waals surface area (Å²) in [4.78, 5) is 23.5. The van der Waals surface area contributed by atoms with Crippen molar-refractivity contribution in [2.75, 3.05) is 65.2 Å². The first-order chi connectivity index (χ1) is 14.1. The van der Waals surface area contributed by atoms with E-state index in [0.29, 0.717) is 5.56 Å². The Bertz CT molecular complexity index is 798. The van der Waals surface area contributed by atoms with Gasteiger partial charge in [0, 0.05) is 58.2 Å². The Morgan fingerprint density at radius 2 is 1.90 bits per heavy atom. The number of carbonyl (C=O) groups excluding carboxylic acids is 1. The van der Waals surface area contributed by atoms with Crippen LogP contribution >= 0.6 is 0 Å². The van der Waals surface area contributed by atoms with Crippen molar-refractivity contribution in [2.24, 2.45) is 0 Å². The molecule has 0 aliphatic carbocycles. The third-order valence-electron chi connectivity index (χ3n) is 5.01. The van der Waals surface area contributed by atoms with Crippen molar-refractivity contribution in [1.82, 2.24) is 19.7 Å². The Hall–Kier alpha value is -2.70. The molecule has 0 bridgehead atoms. The van der Waals surface area contributed by atoms with Gasteiger partial charge in [-0.3, -0.25) is 14.7 Å². The number of hydrogen-bond acceptors (Lipinski definition) is 5. The van der Waals surface area contributed by atoms with Gasteiger partial charge in [-0.1, -0.05) is 42.5 Å². The van der Waals surface area contributed by atoms with E-state index >= 15 is 0 Å². The van der Waals surface area contributed by atoms with Gasteiger partial charge in [0.25, 0.3) is 5.91 Å². The van der Waals surface area contributed by atoms with Gasteiger partial charge in [0.1, 0.15) is 0 Å². The van der Waals surface area contributed by atoms with Crippen LogP contribution < -0.4 is 5.32 Å². The van der Waals surface area contributed by atoms with Gasteiger partial charge in [-0.05, 0) is 25.7 Å². The molecular formula is C23H31N5O. The van der Waals surface area contributed by atoms with Crippen LogP contribution in [0.15, 0.2) is 54.9 Å². The highest BCUT2D eigenvalue weighted by atomic mass is 16.2. The highest BCUT2D eigenvalue weighted by molar-refractivity contribution is 5.94. The summed E-state index contributed by atoms with van der Waals surface area (Å²) in [5, 5.41) is 3.33. The summed E-state index contributed by atoms with van der Waals surface area (Å²) in [5.74, 6) is 0.0632. The van der Waals surface area contributed by atoms with Crippen LogP contribution in [0.3, 0.4) is 0 Å². The van der Waals surface area contributed by atoms with Crippen LogP contribution in [0.1, 0.15) is 15.9 Å². The number of benzene rings is 1. The second kappa shape index (κ2) is 10.7. The molecule has 1 aliphatic heterocycles. The molecule has 6 nitrogen and oxygen atoms in total. The lowest BCUT2D eigenvalue weighted by Gasteiger charge is -2.34. The summed E-state index contributed by atoms with van der Waals surface area (Å²) in [6.07, 6.45) is 7.77. The molecule has 0 unspecified atom stereocenters. The predicted octanol–water partition coefficient (Wildman–Crippen LogP) is 2.53. The zero-order chi connectivity index (χ0) is 20.5. The lowest BCUT2D eigenvalue weighted by molar-refractivity contribution is 0.0650. The number of rotatable bonds is 8. The lowest BCUT2D eigenvalue weighted by Crippen LogP contribution is -2.48. The summed E-state index contributed by atoms with van der Waals surface area (Å²) in [5.41, 5.74) is 2.76. The van der Waals surface area contributed by atoms with E-state index in [1.54, 1.807) is 12.4 Å². The fraction of sp³-hybridized carbons (Fsp3) is 0.391. The van der Waals surface area contributed by atoms with E-state index in [1.807, 2.05) is 43.3 Å². The summed E-state index contributed by atoms with van der Waals surface area (Å²) in [7, 11) is 4.08. The molecule has 2 aromatic rings. The van der Waals surface area contributed by atoms with E-state index in [4.69, 9.17) is 0 Å². The molecule has 1 aromatic carbocycles. The van der Waals surface area contributed by atoms with Crippen molar-refractivity contribution in [3.63, 3.8) is 0 Å². The fourth-order valence-electron chi connectivity index (χ4n) is 3.30. The molecule has 1 N–H and O–H groups in total. The molecule has 2 heterocycles. The van der Waals surface area contributed by atoms with Crippen molar-refractivity contribution in [3.8, 4) is 0 Å². The predicted molar refractivity (Wildman–Crippen MR) is 119 cm³/mol. The number of aromatic nitrogens is 1.